The largest absolute Gasteiger partial charge is 0.502 e. The Balaban J connectivity index is 2.15. The Morgan fingerprint density at radius 2 is 2.08 bits per heavy atom. The van der Waals surface area contributed by atoms with Gasteiger partial charge in [-0.25, -0.2) is 0 Å². The van der Waals surface area contributed by atoms with Crippen LogP contribution < -0.4 is 5.32 Å². The first-order valence-corrected chi connectivity index (χ1v) is 8.15. The molecule has 2 aromatic carbocycles. The van der Waals surface area contributed by atoms with Crippen molar-refractivity contribution in [2.75, 3.05) is 11.9 Å². The molecule has 1 amide bonds. The quantitative estimate of drug-likeness (QED) is 0.635. The molecule has 25 heavy (non-hydrogen) atoms. The zero-order chi connectivity index (χ0) is 18.1. The average Bonchev–Trinajstić information content (AvgIpc) is 2.59. The van der Waals surface area contributed by atoms with Gasteiger partial charge in [0, 0.05) is 28.9 Å². The Morgan fingerprint density at radius 3 is 2.76 bits per heavy atom. The Morgan fingerprint density at radius 1 is 1.36 bits per heavy atom. The number of benzene rings is 2. The van der Waals surface area contributed by atoms with Crippen molar-refractivity contribution in [1.82, 2.24) is 4.90 Å². The van der Waals surface area contributed by atoms with Crippen molar-refractivity contribution in [2.24, 2.45) is 0 Å². The molecule has 0 saturated heterocycles. The summed E-state index contributed by atoms with van der Waals surface area (Å²) < 4.78 is 0. The average molecular weight is 362 g/mol. The number of phenols is 1. The molecule has 0 unspecified atom stereocenters. The Hall–Kier alpha value is -2.80. The fourth-order valence-corrected chi connectivity index (χ4v) is 3.18. The predicted molar refractivity (Wildman–Crippen MR) is 93.9 cm³/mol. The van der Waals surface area contributed by atoms with Crippen LogP contribution in [-0.2, 0) is 0 Å². The van der Waals surface area contributed by atoms with Crippen LogP contribution in [0.3, 0.4) is 0 Å². The van der Waals surface area contributed by atoms with E-state index < -0.39 is 22.5 Å². The van der Waals surface area contributed by atoms with E-state index in [4.69, 9.17) is 11.6 Å². The van der Waals surface area contributed by atoms with Gasteiger partial charge in [0.2, 0.25) is 5.75 Å². The monoisotopic (exact) mass is 361 g/mol. The lowest BCUT2D eigenvalue weighted by Crippen LogP contribution is -2.43. The molecule has 7 nitrogen and oxygen atoms in total. The van der Waals surface area contributed by atoms with Crippen molar-refractivity contribution in [1.29, 1.82) is 0 Å². The summed E-state index contributed by atoms with van der Waals surface area (Å²) in [6, 6.07) is 9.54. The first-order valence-electron chi connectivity index (χ1n) is 7.77. The molecule has 0 fully saturated rings. The lowest BCUT2D eigenvalue weighted by Gasteiger charge is -2.38. The number of anilines is 1. The number of nitro benzene ring substituents is 1. The lowest BCUT2D eigenvalue weighted by molar-refractivity contribution is -0.386. The van der Waals surface area contributed by atoms with Gasteiger partial charge in [-0.2, -0.15) is 0 Å². The van der Waals surface area contributed by atoms with Gasteiger partial charge >= 0.3 is 5.69 Å². The molecule has 1 aliphatic heterocycles. The molecule has 1 heterocycles. The molecule has 0 aliphatic carbocycles. The van der Waals surface area contributed by atoms with Gasteiger partial charge in [0.15, 0.2) is 0 Å². The lowest BCUT2D eigenvalue weighted by atomic mass is 10.0. The van der Waals surface area contributed by atoms with Gasteiger partial charge in [0.05, 0.1) is 10.5 Å². The highest BCUT2D eigenvalue weighted by atomic mass is 35.5. The van der Waals surface area contributed by atoms with E-state index >= 15 is 0 Å². The standard InChI is InChI=1S/C17H16ClN3O4/c1-2-7-20-16(19-13-6-4-3-5-11(13)17(20)23)12-8-10(18)9-14(15(12)22)21(24)25/h3-6,8-9,16,19,22H,2,7H2,1H3/t16-/m0/s1. The number of rotatable bonds is 4. The minimum Gasteiger partial charge on any atom is -0.502 e. The topological polar surface area (TPSA) is 95.7 Å². The van der Waals surface area contributed by atoms with Crippen LogP contribution in [0.1, 0.15) is 35.4 Å². The summed E-state index contributed by atoms with van der Waals surface area (Å²) in [4.78, 5) is 24.8. The van der Waals surface area contributed by atoms with Crippen molar-refractivity contribution < 1.29 is 14.8 Å². The SMILES string of the molecule is CCCN1C(=O)c2ccccc2N[C@@H]1c1cc(Cl)cc([N+](=O)[O-])c1O. The number of carbonyl (C=O) groups is 1. The molecule has 0 aromatic heterocycles. The smallest absolute Gasteiger partial charge is 0.312 e. The summed E-state index contributed by atoms with van der Waals surface area (Å²) in [7, 11) is 0. The zero-order valence-corrected chi connectivity index (χ0v) is 14.2. The molecular weight excluding hydrogens is 346 g/mol. The van der Waals surface area contributed by atoms with Gasteiger partial charge in [0.1, 0.15) is 6.17 Å². The second-order valence-electron chi connectivity index (χ2n) is 5.71. The molecule has 2 aromatic rings. The summed E-state index contributed by atoms with van der Waals surface area (Å²) in [6.45, 7) is 2.34. The number of nitro groups is 1. The number of hydrogen-bond acceptors (Lipinski definition) is 5. The fourth-order valence-electron chi connectivity index (χ4n) is 2.96. The molecule has 0 saturated carbocycles. The van der Waals surface area contributed by atoms with E-state index in [1.807, 2.05) is 6.92 Å². The number of amides is 1. The first kappa shape index (κ1) is 17.0. The van der Waals surface area contributed by atoms with Gasteiger partial charge in [-0.3, -0.25) is 14.9 Å². The van der Waals surface area contributed by atoms with E-state index in [9.17, 15) is 20.0 Å². The second-order valence-corrected chi connectivity index (χ2v) is 6.15. The maximum Gasteiger partial charge on any atom is 0.312 e. The van der Waals surface area contributed by atoms with E-state index in [0.717, 1.165) is 6.07 Å². The number of aromatic hydroxyl groups is 1. The second kappa shape index (κ2) is 6.60. The molecule has 0 spiro atoms. The van der Waals surface area contributed by atoms with Crippen LogP contribution >= 0.6 is 11.6 Å². The summed E-state index contributed by atoms with van der Waals surface area (Å²) in [5.74, 6) is -0.705. The number of nitrogens with zero attached hydrogens (tertiary/aromatic N) is 2. The number of hydrogen-bond donors (Lipinski definition) is 2. The highest BCUT2D eigenvalue weighted by molar-refractivity contribution is 6.31. The van der Waals surface area contributed by atoms with Gasteiger partial charge in [-0.1, -0.05) is 30.7 Å². The Bertz CT molecular complexity index is 856. The van der Waals surface area contributed by atoms with Crippen molar-refractivity contribution in [3.05, 3.63) is 62.7 Å². The number of phenolic OH excluding ortho intramolecular Hbond substituents is 1. The molecule has 8 heteroatoms. The number of carbonyl (C=O) groups excluding carboxylic acids is 1. The third kappa shape index (κ3) is 2.98. The number of fused-ring (bicyclic) bond motifs is 1. The molecule has 130 valence electrons. The van der Waals surface area contributed by atoms with E-state index in [0.29, 0.717) is 24.2 Å². The molecule has 0 bridgehead atoms. The Kier molecular flexibility index (Phi) is 4.50. The Labute approximate surface area is 149 Å². The third-order valence-corrected chi connectivity index (χ3v) is 4.28. The summed E-state index contributed by atoms with van der Waals surface area (Å²) in [5.41, 5.74) is 0.817. The highest BCUT2D eigenvalue weighted by Crippen LogP contribution is 2.41. The van der Waals surface area contributed by atoms with E-state index in [1.165, 1.54) is 11.0 Å². The van der Waals surface area contributed by atoms with Gasteiger partial charge in [0.25, 0.3) is 5.91 Å². The van der Waals surface area contributed by atoms with Crippen molar-refractivity contribution >= 4 is 28.9 Å². The van der Waals surface area contributed by atoms with Gasteiger partial charge in [-0.05, 0) is 24.6 Å². The van der Waals surface area contributed by atoms with Gasteiger partial charge < -0.3 is 15.3 Å². The minimum absolute atomic E-state index is 0.115. The normalized spacial score (nSPS) is 16.3. The minimum atomic E-state index is -0.750. The molecular formula is C17H16ClN3O4. The van der Waals surface area contributed by atoms with Crippen LogP contribution in [0, 0.1) is 10.1 Å². The van der Waals surface area contributed by atoms with Crippen LogP contribution in [0.15, 0.2) is 36.4 Å². The summed E-state index contributed by atoms with van der Waals surface area (Å²) >= 11 is 6.00. The maximum atomic E-state index is 12.8. The van der Waals surface area contributed by atoms with E-state index in [-0.39, 0.29) is 16.5 Å². The van der Waals surface area contributed by atoms with E-state index in [2.05, 4.69) is 5.32 Å². The maximum absolute atomic E-state index is 12.8. The number of nitrogens with one attached hydrogen (secondary N) is 1. The summed E-state index contributed by atoms with van der Waals surface area (Å²) in [6.07, 6.45) is -0.0602. The van der Waals surface area contributed by atoms with Crippen molar-refractivity contribution in [3.63, 3.8) is 0 Å². The number of para-hydroxylation sites is 1. The molecule has 1 aliphatic rings. The fraction of sp³-hybridized carbons (Fsp3) is 0.235. The van der Waals surface area contributed by atoms with Crippen LogP contribution in [0.25, 0.3) is 0 Å². The van der Waals surface area contributed by atoms with Crippen LogP contribution in [0.4, 0.5) is 11.4 Å². The zero-order valence-electron chi connectivity index (χ0n) is 13.4. The molecule has 0 radical (unpaired) electrons. The van der Waals surface area contributed by atoms with Crippen molar-refractivity contribution in [3.8, 4) is 5.75 Å². The van der Waals surface area contributed by atoms with Crippen molar-refractivity contribution in [2.45, 2.75) is 19.5 Å². The van der Waals surface area contributed by atoms with Crippen LogP contribution in [0.2, 0.25) is 5.02 Å². The molecule has 3 rings (SSSR count). The molecule has 2 N–H and O–H groups in total. The third-order valence-electron chi connectivity index (χ3n) is 4.06. The van der Waals surface area contributed by atoms with E-state index in [1.54, 1.807) is 24.3 Å². The van der Waals surface area contributed by atoms with Crippen LogP contribution in [-0.4, -0.2) is 27.4 Å². The van der Waals surface area contributed by atoms with Gasteiger partial charge in [-0.15, -0.1) is 0 Å². The highest BCUT2D eigenvalue weighted by Gasteiger charge is 2.35. The number of halogens is 1. The summed E-state index contributed by atoms with van der Waals surface area (Å²) in [5, 5.41) is 24.8. The van der Waals surface area contributed by atoms with Crippen LogP contribution in [0.5, 0.6) is 5.75 Å². The molecule has 1 atom stereocenters. The predicted octanol–water partition coefficient (Wildman–Crippen LogP) is 3.93. The first-order chi connectivity index (χ1) is 11.9.